The molecule has 3 rings (SSSR count). The van der Waals surface area contributed by atoms with E-state index in [1.165, 1.54) is 4.90 Å². The summed E-state index contributed by atoms with van der Waals surface area (Å²) in [6, 6.07) is 3.81. The number of nitrogens with one attached hydrogen (secondary N) is 1. The van der Waals surface area contributed by atoms with Crippen molar-refractivity contribution in [1.82, 2.24) is 0 Å². The first kappa shape index (κ1) is 14.4. The Labute approximate surface area is 128 Å². The van der Waals surface area contributed by atoms with Gasteiger partial charge in [-0.15, -0.1) is 0 Å². The normalized spacial score (nSPS) is 17.9. The van der Waals surface area contributed by atoms with Crippen molar-refractivity contribution in [2.45, 2.75) is 39.8 Å². The molecule has 0 radical (unpaired) electrons. The summed E-state index contributed by atoms with van der Waals surface area (Å²) < 4.78 is 11.3. The zero-order valence-corrected chi connectivity index (χ0v) is 13.2. The maximum Gasteiger partial charge on any atom is 0.336 e. The van der Waals surface area contributed by atoms with Crippen LogP contribution in [0.3, 0.4) is 0 Å². The number of rotatable bonds is 2. The van der Waals surface area contributed by atoms with Gasteiger partial charge in [0, 0.05) is 11.5 Å². The SMILES string of the molecule is CCc1cc(=O)oc2c3c(c(Cl)cc12)OC[NH+](C(C)C)C3. The number of ether oxygens (including phenoxy) is 1. The second-order valence-corrected chi connectivity index (χ2v) is 6.17. The fourth-order valence-corrected chi connectivity index (χ4v) is 3.07. The van der Waals surface area contributed by atoms with Crippen LogP contribution in [0.1, 0.15) is 31.9 Å². The van der Waals surface area contributed by atoms with E-state index in [4.69, 9.17) is 20.8 Å². The highest BCUT2D eigenvalue weighted by atomic mass is 35.5. The van der Waals surface area contributed by atoms with E-state index in [2.05, 4.69) is 13.8 Å². The van der Waals surface area contributed by atoms with Crippen LogP contribution < -0.4 is 15.3 Å². The minimum atomic E-state index is -0.319. The first-order valence-electron chi connectivity index (χ1n) is 7.26. The van der Waals surface area contributed by atoms with Crippen molar-refractivity contribution in [3.05, 3.63) is 38.7 Å². The third kappa shape index (κ3) is 2.43. The summed E-state index contributed by atoms with van der Waals surface area (Å²) in [4.78, 5) is 13.1. The number of aryl methyl sites for hydroxylation is 1. The van der Waals surface area contributed by atoms with E-state index in [0.29, 0.717) is 29.1 Å². The lowest BCUT2D eigenvalue weighted by Crippen LogP contribution is -3.15. The molecule has 1 unspecified atom stereocenters. The minimum Gasteiger partial charge on any atom is -0.443 e. The van der Waals surface area contributed by atoms with E-state index in [9.17, 15) is 4.79 Å². The van der Waals surface area contributed by atoms with Gasteiger partial charge in [0.15, 0.2) is 11.3 Å². The third-order valence-electron chi connectivity index (χ3n) is 4.12. The predicted molar refractivity (Wildman–Crippen MR) is 82.2 cm³/mol. The zero-order valence-electron chi connectivity index (χ0n) is 12.5. The quantitative estimate of drug-likeness (QED) is 0.865. The highest BCUT2D eigenvalue weighted by Gasteiger charge is 2.28. The van der Waals surface area contributed by atoms with Gasteiger partial charge in [-0.2, -0.15) is 0 Å². The van der Waals surface area contributed by atoms with Crippen molar-refractivity contribution >= 4 is 22.6 Å². The number of quaternary nitrogens is 1. The van der Waals surface area contributed by atoms with E-state index >= 15 is 0 Å². The standard InChI is InChI=1S/C16H18ClNO3/c1-4-10-5-14(19)21-15-11(10)6-13(17)16-12(15)7-18(8-20-16)9(2)3/h5-6,9H,4,7-8H2,1-3H3/p+1. The Morgan fingerprint density at radius 1 is 1.38 bits per heavy atom. The monoisotopic (exact) mass is 308 g/mol. The first-order valence-corrected chi connectivity index (χ1v) is 7.64. The lowest BCUT2D eigenvalue weighted by molar-refractivity contribution is -0.952. The molecule has 1 aromatic heterocycles. The van der Waals surface area contributed by atoms with Crippen molar-refractivity contribution in [1.29, 1.82) is 0 Å². The van der Waals surface area contributed by atoms with Crippen LogP contribution in [-0.2, 0) is 13.0 Å². The van der Waals surface area contributed by atoms with E-state index in [1.54, 1.807) is 6.07 Å². The Balaban J connectivity index is 2.29. The molecular formula is C16H19ClNO3+. The van der Waals surface area contributed by atoms with Gasteiger partial charge in [0.1, 0.15) is 6.54 Å². The second kappa shape index (κ2) is 5.35. The van der Waals surface area contributed by atoms with Crippen LogP contribution >= 0.6 is 11.6 Å². The molecule has 1 N–H and O–H groups in total. The van der Waals surface area contributed by atoms with Crippen LogP contribution in [0.2, 0.25) is 5.02 Å². The van der Waals surface area contributed by atoms with Crippen LogP contribution in [0.4, 0.5) is 0 Å². The van der Waals surface area contributed by atoms with Gasteiger partial charge < -0.3 is 9.15 Å². The molecule has 0 aliphatic carbocycles. The molecule has 2 heterocycles. The van der Waals surface area contributed by atoms with Gasteiger partial charge in [0.2, 0.25) is 6.73 Å². The summed E-state index contributed by atoms with van der Waals surface area (Å²) >= 11 is 6.36. The average molecular weight is 309 g/mol. The summed E-state index contributed by atoms with van der Waals surface area (Å²) in [5.74, 6) is 0.657. The largest absolute Gasteiger partial charge is 0.443 e. The van der Waals surface area contributed by atoms with Crippen LogP contribution in [0.5, 0.6) is 5.75 Å². The van der Waals surface area contributed by atoms with Crippen molar-refractivity contribution in [3.63, 3.8) is 0 Å². The number of benzene rings is 1. The summed E-state index contributed by atoms with van der Waals surface area (Å²) in [5, 5.41) is 1.50. The Morgan fingerprint density at radius 3 is 2.81 bits per heavy atom. The zero-order chi connectivity index (χ0) is 15.1. The van der Waals surface area contributed by atoms with E-state index < -0.39 is 0 Å². The van der Waals surface area contributed by atoms with E-state index in [-0.39, 0.29) is 5.63 Å². The number of fused-ring (bicyclic) bond motifs is 3. The van der Waals surface area contributed by atoms with E-state index in [1.807, 2.05) is 13.0 Å². The van der Waals surface area contributed by atoms with Gasteiger partial charge in [0.25, 0.3) is 0 Å². The minimum absolute atomic E-state index is 0.319. The van der Waals surface area contributed by atoms with Gasteiger partial charge in [-0.25, -0.2) is 4.79 Å². The Hall–Kier alpha value is -1.52. The molecule has 2 aromatic rings. The average Bonchev–Trinajstić information content (AvgIpc) is 2.47. The van der Waals surface area contributed by atoms with Gasteiger partial charge in [-0.1, -0.05) is 18.5 Å². The summed E-state index contributed by atoms with van der Waals surface area (Å²) in [5.41, 5.74) is 2.17. The maximum absolute atomic E-state index is 11.8. The van der Waals surface area contributed by atoms with Crippen molar-refractivity contribution < 1.29 is 14.1 Å². The highest BCUT2D eigenvalue weighted by Crippen LogP contribution is 2.37. The van der Waals surface area contributed by atoms with Crippen molar-refractivity contribution in [2.24, 2.45) is 0 Å². The Bertz CT molecular complexity index is 751. The van der Waals surface area contributed by atoms with Crippen LogP contribution in [0.25, 0.3) is 11.0 Å². The molecular weight excluding hydrogens is 290 g/mol. The fraction of sp³-hybridized carbons (Fsp3) is 0.438. The summed E-state index contributed by atoms with van der Waals surface area (Å²) in [6.45, 7) is 7.63. The molecule has 21 heavy (non-hydrogen) atoms. The molecule has 1 atom stereocenters. The molecule has 0 saturated heterocycles. The van der Waals surface area contributed by atoms with Crippen molar-refractivity contribution in [2.75, 3.05) is 6.73 Å². The molecule has 4 nitrogen and oxygen atoms in total. The van der Waals surface area contributed by atoms with Crippen LogP contribution in [0.15, 0.2) is 21.3 Å². The third-order valence-corrected chi connectivity index (χ3v) is 4.41. The predicted octanol–water partition coefficient (Wildman–Crippen LogP) is 2.15. The van der Waals surface area contributed by atoms with Crippen LogP contribution in [-0.4, -0.2) is 12.8 Å². The van der Waals surface area contributed by atoms with Crippen molar-refractivity contribution in [3.8, 4) is 5.75 Å². The van der Waals surface area contributed by atoms with Crippen LogP contribution in [0, 0.1) is 0 Å². The smallest absolute Gasteiger partial charge is 0.336 e. The topological polar surface area (TPSA) is 43.9 Å². The Morgan fingerprint density at radius 2 is 2.14 bits per heavy atom. The van der Waals surface area contributed by atoms with Gasteiger partial charge >= 0.3 is 5.63 Å². The lowest BCUT2D eigenvalue weighted by atomic mass is 10.0. The first-order chi connectivity index (χ1) is 10.0. The molecule has 112 valence electrons. The Kier molecular flexibility index (Phi) is 3.68. The molecule has 1 aliphatic heterocycles. The molecule has 0 saturated carbocycles. The molecule has 0 spiro atoms. The molecule has 0 amide bonds. The summed E-state index contributed by atoms with van der Waals surface area (Å²) in [7, 11) is 0. The van der Waals surface area contributed by atoms with Gasteiger partial charge in [-0.3, -0.25) is 4.90 Å². The maximum atomic E-state index is 11.8. The van der Waals surface area contributed by atoms with Gasteiger partial charge in [0.05, 0.1) is 16.6 Å². The molecule has 0 bridgehead atoms. The van der Waals surface area contributed by atoms with E-state index in [0.717, 1.165) is 29.5 Å². The molecule has 1 aliphatic rings. The number of hydrogen-bond acceptors (Lipinski definition) is 3. The fourth-order valence-electron chi connectivity index (χ4n) is 2.80. The molecule has 5 heteroatoms. The molecule has 0 fully saturated rings. The lowest BCUT2D eigenvalue weighted by Gasteiger charge is -2.29. The highest BCUT2D eigenvalue weighted by molar-refractivity contribution is 6.33. The molecule has 1 aromatic carbocycles. The summed E-state index contributed by atoms with van der Waals surface area (Å²) in [6.07, 6.45) is 0.763. The second-order valence-electron chi connectivity index (χ2n) is 5.77. The number of halogens is 1. The number of hydrogen-bond donors (Lipinski definition) is 1. The van der Waals surface area contributed by atoms with Gasteiger partial charge in [-0.05, 0) is 31.9 Å².